The Hall–Kier alpha value is -1.87. The Morgan fingerprint density at radius 3 is 2.75 bits per heavy atom. The van der Waals surface area contributed by atoms with Crippen molar-refractivity contribution in [1.82, 2.24) is 14.8 Å². The Morgan fingerprint density at radius 1 is 1.29 bits per heavy atom. The van der Waals surface area contributed by atoms with Gasteiger partial charge in [0.25, 0.3) is 0 Å². The van der Waals surface area contributed by atoms with E-state index in [1.54, 1.807) is 36.6 Å². The maximum absolute atomic E-state index is 12.7. The van der Waals surface area contributed by atoms with Crippen LogP contribution in [0, 0.1) is 6.92 Å². The summed E-state index contributed by atoms with van der Waals surface area (Å²) in [7, 11) is 1.61. The van der Waals surface area contributed by atoms with Crippen molar-refractivity contribution in [1.29, 1.82) is 0 Å². The number of thiazole rings is 1. The van der Waals surface area contributed by atoms with Gasteiger partial charge in [0.2, 0.25) is 0 Å². The lowest BCUT2D eigenvalue weighted by Gasteiger charge is -2.34. The fraction of sp³-hybridized carbons (Fsp3) is 0.474. The smallest absolute Gasteiger partial charge is 0.322 e. The quantitative estimate of drug-likeness (QED) is 0.689. The number of benzene rings is 1. The number of ether oxygens (including phenoxy) is 2. The topological polar surface area (TPSA) is 66.9 Å². The van der Waals surface area contributed by atoms with Crippen LogP contribution in [0.1, 0.15) is 10.7 Å². The summed E-state index contributed by atoms with van der Waals surface area (Å²) >= 11 is 7.90. The number of piperazine rings is 1. The highest BCUT2D eigenvalue weighted by molar-refractivity contribution is 7.09. The molecule has 2 heterocycles. The lowest BCUT2D eigenvalue weighted by atomic mass is 10.2. The van der Waals surface area contributed by atoms with E-state index in [-0.39, 0.29) is 6.03 Å². The van der Waals surface area contributed by atoms with E-state index in [4.69, 9.17) is 21.1 Å². The van der Waals surface area contributed by atoms with Crippen molar-refractivity contribution in [2.75, 3.05) is 51.8 Å². The summed E-state index contributed by atoms with van der Waals surface area (Å²) in [5.41, 5.74) is 1.66. The van der Waals surface area contributed by atoms with E-state index >= 15 is 0 Å². The maximum atomic E-state index is 12.7. The molecule has 9 heteroatoms. The number of aromatic nitrogens is 1. The molecule has 1 aliphatic rings. The van der Waals surface area contributed by atoms with E-state index in [1.807, 2.05) is 11.8 Å². The predicted molar refractivity (Wildman–Crippen MR) is 112 cm³/mol. The monoisotopic (exact) mass is 424 g/mol. The molecule has 0 aliphatic carbocycles. The molecular weight excluding hydrogens is 400 g/mol. The Morgan fingerprint density at radius 2 is 2.07 bits per heavy atom. The first-order valence-corrected chi connectivity index (χ1v) is 10.4. The van der Waals surface area contributed by atoms with Crippen LogP contribution in [0.5, 0.6) is 5.75 Å². The van der Waals surface area contributed by atoms with Crippen molar-refractivity contribution in [3.8, 4) is 5.75 Å². The van der Waals surface area contributed by atoms with Crippen LogP contribution in [-0.2, 0) is 11.3 Å². The highest BCUT2D eigenvalue weighted by Gasteiger charge is 2.23. The summed E-state index contributed by atoms with van der Waals surface area (Å²) in [4.78, 5) is 21.3. The second-order valence-corrected chi connectivity index (χ2v) is 7.98. The second kappa shape index (κ2) is 10.1. The SMILES string of the molecule is COCCOc1c(Cl)cccc1NC(=O)N1CCN(Cc2csc(C)n2)CC1. The van der Waals surface area contributed by atoms with Crippen molar-refractivity contribution in [3.05, 3.63) is 39.3 Å². The van der Waals surface area contributed by atoms with E-state index in [0.717, 1.165) is 30.3 Å². The van der Waals surface area contributed by atoms with Crippen LogP contribution in [0.4, 0.5) is 10.5 Å². The molecule has 152 valence electrons. The molecule has 2 amide bonds. The number of nitrogens with one attached hydrogen (secondary N) is 1. The lowest BCUT2D eigenvalue weighted by molar-refractivity contribution is 0.141. The van der Waals surface area contributed by atoms with Crippen LogP contribution in [0.3, 0.4) is 0 Å². The lowest BCUT2D eigenvalue weighted by Crippen LogP contribution is -2.49. The first-order valence-electron chi connectivity index (χ1n) is 9.16. The number of halogens is 1. The van der Waals surface area contributed by atoms with Gasteiger partial charge >= 0.3 is 6.03 Å². The Labute approximate surface area is 174 Å². The zero-order valence-electron chi connectivity index (χ0n) is 16.1. The normalized spacial score (nSPS) is 14.9. The third-order valence-electron chi connectivity index (χ3n) is 4.45. The summed E-state index contributed by atoms with van der Waals surface area (Å²) in [6, 6.07) is 5.16. The molecule has 0 spiro atoms. The third-order valence-corrected chi connectivity index (χ3v) is 5.57. The second-order valence-electron chi connectivity index (χ2n) is 6.51. The molecule has 1 aliphatic heterocycles. The van der Waals surface area contributed by atoms with Crippen LogP contribution in [0.25, 0.3) is 0 Å². The van der Waals surface area contributed by atoms with Gasteiger partial charge in [0.05, 0.1) is 28.0 Å². The molecular formula is C19H25ClN4O3S. The standard InChI is InChI=1S/C19H25ClN4O3S/c1-14-21-15(13-28-14)12-23-6-8-24(9-7-23)19(25)22-17-5-3-4-16(20)18(17)27-11-10-26-2/h3-5,13H,6-12H2,1-2H3,(H,22,25). The van der Waals surface area contributed by atoms with E-state index in [2.05, 4.69) is 20.6 Å². The van der Waals surface area contributed by atoms with Gasteiger partial charge < -0.3 is 19.7 Å². The van der Waals surface area contributed by atoms with Crippen molar-refractivity contribution >= 4 is 34.7 Å². The van der Waals surface area contributed by atoms with E-state index in [9.17, 15) is 4.79 Å². The summed E-state index contributed by atoms with van der Waals surface area (Å²) in [5.74, 6) is 0.465. The predicted octanol–water partition coefficient (Wildman–Crippen LogP) is 3.48. The molecule has 0 atom stereocenters. The fourth-order valence-electron chi connectivity index (χ4n) is 2.99. The van der Waals surface area contributed by atoms with Crippen LogP contribution in [-0.4, -0.2) is 67.3 Å². The zero-order chi connectivity index (χ0) is 19.9. The van der Waals surface area contributed by atoms with Gasteiger partial charge in [-0.15, -0.1) is 11.3 Å². The number of amides is 2. The molecule has 0 radical (unpaired) electrons. The molecule has 1 N–H and O–H groups in total. The van der Waals surface area contributed by atoms with Crippen molar-refractivity contribution in [2.45, 2.75) is 13.5 Å². The summed E-state index contributed by atoms with van der Waals surface area (Å²) in [6.45, 7) is 6.60. The number of nitrogens with zero attached hydrogens (tertiary/aromatic N) is 3. The number of methoxy groups -OCH3 is 1. The number of anilines is 1. The molecule has 1 aromatic carbocycles. The molecule has 3 rings (SSSR count). The van der Waals surface area contributed by atoms with Crippen molar-refractivity contribution in [2.24, 2.45) is 0 Å². The summed E-state index contributed by atoms with van der Waals surface area (Å²) < 4.78 is 10.7. The number of carbonyl (C=O) groups is 1. The highest BCUT2D eigenvalue weighted by Crippen LogP contribution is 2.33. The van der Waals surface area contributed by atoms with Gasteiger partial charge in [0, 0.05) is 45.2 Å². The average molecular weight is 425 g/mol. The minimum atomic E-state index is -0.150. The number of aryl methyl sites for hydroxylation is 1. The molecule has 28 heavy (non-hydrogen) atoms. The Balaban J connectivity index is 1.53. The van der Waals surface area contributed by atoms with Crippen molar-refractivity contribution in [3.63, 3.8) is 0 Å². The number of urea groups is 1. The zero-order valence-corrected chi connectivity index (χ0v) is 17.7. The number of hydrogen-bond acceptors (Lipinski definition) is 6. The molecule has 1 fully saturated rings. The molecule has 0 saturated carbocycles. The fourth-order valence-corrected chi connectivity index (χ4v) is 3.83. The number of carbonyl (C=O) groups excluding carboxylic acids is 1. The molecule has 1 aromatic heterocycles. The van der Waals surface area contributed by atoms with Gasteiger partial charge in [-0.2, -0.15) is 0 Å². The number of para-hydroxylation sites is 1. The Bertz CT molecular complexity index is 793. The first kappa shape index (κ1) is 20.9. The molecule has 0 unspecified atom stereocenters. The molecule has 2 aromatic rings. The van der Waals surface area contributed by atoms with Gasteiger partial charge in [-0.3, -0.25) is 4.90 Å². The minimum Gasteiger partial charge on any atom is -0.487 e. The summed E-state index contributed by atoms with van der Waals surface area (Å²) in [5, 5.41) is 6.56. The molecule has 7 nitrogen and oxygen atoms in total. The minimum absolute atomic E-state index is 0.150. The van der Waals surface area contributed by atoms with Crippen LogP contribution < -0.4 is 10.1 Å². The van der Waals surface area contributed by atoms with E-state index in [0.29, 0.717) is 42.8 Å². The maximum Gasteiger partial charge on any atom is 0.322 e. The number of hydrogen-bond donors (Lipinski definition) is 1. The van der Waals surface area contributed by atoms with Gasteiger partial charge in [-0.1, -0.05) is 17.7 Å². The van der Waals surface area contributed by atoms with Crippen LogP contribution in [0.15, 0.2) is 23.6 Å². The first-order chi connectivity index (χ1) is 13.6. The summed E-state index contributed by atoms with van der Waals surface area (Å²) in [6.07, 6.45) is 0. The largest absolute Gasteiger partial charge is 0.487 e. The van der Waals surface area contributed by atoms with Gasteiger partial charge in [0.1, 0.15) is 6.61 Å². The molecule has 1 saturated heterocycles. The number of rotatable bonds is 7. The van der Waals surface area contributed by atoms with E-state index in [1.165, 1.54) is 0 Å². The van der Waals surface area contributed by atoms with Crippen LogP contribution >= 0.6 is 22.9 Å². The average Bonchev–Trinajstić information content (AvgIpc) is 3.09. The van der Waals surface area contributed by atoms with Crippen molar-refractivity contribution < 1.29 is 14.3 Å². The van der Waals surface area contributed by atoms with Gasteiger partial charge in [-0.05, 0) is 19.1 Å². The highest BCUT2D eigenvalue weighted by atomic mass is 35.5. The van der Waals surface area contributed by atoms with Gasteiger partial charge in [0.15, 0.2) is 5.75 Å². The van der Waals surface area contributed by atoms with Gasteiger partial charge in [-0.25, -0.2) is 9.78 Å². The Kier molecular flexibility index (Phi) is 7.50. The van der Waals surface area contributed by atoms with Crippen LogP contribution in [0.2, 0.25) is 5.02 Å². The third kappa shape index (κ3) is 5.57. The van der Waals surface area contributed by atoms with E-state index < -0.39 is 0 Å². The molecule has 0 bridgehead atoms.